The number of carbonyl (C=O) groups is 2. The van der Waals surface area contributed by atoms with E-state index in [1.54, 1.807) is 49.8 Å². The van der Waals surface area contributed by atoms with E-state index in [1.807, 2.05) is 11.1 Å². The predicted molar refractivity (Wildman–Crippen MR) is 149 cm³/mol. The van der Waals surface area contributed by atoms with Gasteiger partial charge in [0.05, 0.1) is 41.9 Å². The topological polar surface area (TPSA) is 133 Å². The molecular formula is C26H30ClN7O5S. The normalized spacial score (nSPS) is 16.6. The molecule has 40 heavy (non-hydrogen) atoms. The molecule has 0 radical (unpaired) electrons. The molecule has 3 aromatic heterocycles. The molecule has 14 heteroatoms. The molecule has 1 fully saturated rings. The maximum atomic E-state index is 12.9. The van der Waals surface area contributed by atoms with E-state index in [0.29, 0.717) is 53.1 Å². The van der Waals surface area contributed by atoms with E-state index in [0.717, 1.165) is 11.8 Å². The standard InChI is InChI=1S/C26H30ClN7O5S/c1-26(2,3)39-25(36)33(11-12-35)31-10-8-18(15-31)34-21-6-5-17(27)13-20(21)29-23(34)16-32-22-14-28-9-7-19(22)24(30-32)40(4,37)38/h5-7,9,12-14,18H,8,10-11,15-16H2,1-4H3. The molecule has 1 aliphatic rings. The first-order valence-corrected chi connectivity index (χ1v) is 15.0. The van der Waals surface area contributed by atoms with Crippen LogP contribution in [-0.4, -0.2) is 86.6 Å². The molecule has 1 atom stereocenters. The third-order valence-corrected chi connectivity index (χ3v) is 7.83. The molecule has 5 rings (SSSR count). The van der Waals surface area contributed by atoms with Crippen LogP contribution in [0.25, 0.3) is 21.9 Å². The zero-order valence-electron chi connectivity index (χ0n) is 22.6. The van der Waals surface area contributed by atoms with Crippen LogP contribution in [0.5, 0.6) is 0 Å². The second-order valence-corrected chi connectivity index (χ2v) is 13.1. The number of aromatic nitrogens is 5. The van der Waals surface area contributed by atoms with E-state index in [9.17, 15) is 18.0 Å². The summed E-state index contributed by atoms with van der Waals surface area (Å²) < 4.78 is 34.1. The summed E-state index contributed by atoms with van der Waals surface area (Å²) in [4.78, 5) is 33.3. The molecule has 12 nitrogen and oxygen atoms in total. The average molecular weight is 588 g/mol. The molecule has 4 aromatic rings. The van der Waals surface area contributed by atoms with Crippen LogP contribution in [0.1, 0.15) is 39.1 Å². The monoisotopic (exact) mass is 587 g/mol. The number of benzene rings is 1. The van der Waals surface area contributed by atoms with Crippen molar-refractivity contribution in [3.05, 3.63) is 47.5 Å². The van der Waals surface area contributed by atoms with Gasteiger partial charge < -0.3 is 14.1 Å². The molecule has 0 aliphatic carbocycles. The molecule has 1 saturated heterocycles. The maximum absolute atomic E-state index is 12.9. The Balaban J connectivity index is 1.53. The van der Waals surface area contributed by atoms with Crippen LogP contribution in [0.4, 0.5) is 4.79 Å². The Morgan fingerprint density at radius 3 is 2.73 bits per heavy atom. The molecule has 0 bridgehead atoms. The Bertz CT molecular complexity index is 1710. The molecule has 0 N–H and O–H groups in total. The third kappa shape index (κ3) is 5.54. The molecule has 1 unspecified atom stereocenters. The number of fused-ring (bicyclic) bond motifs is 2. The van der Waals surface area contributed by atoms with Crippen molar-refractivity contribution >= 4 is 55.8 Å². The first-order valence-electron chi connectivity index (χ1n) is 12.7. The summed E-state index contributed by atoms with van der Waals surface area (Å²) in [5.41, 5.74) is 1.37. The number of hydrazine groups is 1. The van der Waals surface area contributed by atoms with Crippen molar-refractivity contribution in [1.29, 1.82) is 0 Å². The number of sulfone groups is 1. The number of nitrogens with zero attached hydrogens (tertiary/aromatic N) is 7. The number of aldehydes is 1. The van der Waals surface area contributed by atoms with Crippen LogP contribution >= 0.6 is 11.6 Å². The molecule has 1 amide bonds. The number of amides is 1. The first kappa shape index (κ1) is 28.0. The summed E-state index contributed by atoms with van der Waals surface area (Å²) in [7, 11) is -3.59. The molecule has 1 aromatic carbocycles. The molecule has 0 spiro atoms. The van der Waals surface area contributed by atoms with Gasteiger partial charge in [0.25, 0.3) is 0 Å². The third-order valence-electron chi connectivity index (χ3n) is 6.59. The fourth-order valence-corrected chi connectivity index (χ4v) is 5.99. The minimum absolute atomic E-state index is 0.0236. The van der Waals surface area contributed by atoms with E-state index in [1.165, 1.54) is 11.2 Å². The lowest BCUT2D eigenvalue weighted by atomic mass is 10.2. The number of hydrogen-bond acceptors (Lipinski definition) is 9. The first-order chi connectivity index (χ1) is 18.9. The lowest BCUT2D eigenvalue weighted by Crippen LogP contribution is -2.48. The van der Waals surface area contributed by atoms with Gasteiger partial charge in [-0.15, -0.1) is 0 Å². The van der Waals surface area contributed by atoms with Crippen LogP contribution in [0.3, 0.4) is 0 Å². The zero-order chi connectivity index (χ0) is 28.8. The summed E-state index contributed by atoms with van der Waals surface area (Å²) in [5.74, 6) is 0.636. The number of imidazole rings is 1. The number of pyridine rings is 1. The van der Waals surface area contributed by atoms with Crippen molar-refractivity contribution in [2.45, 2.75) is 50.4 Å². The molecule has 1 aliphatic heterocycles. The van der Waals surface area contributed by atoms with Gasteiger partial charge in [0.15, 0.2) is 14.9 Å². The largest absolute Gasteiger partial charge is 0.443 e. The Hall–Kier alpha value is -3.55. The van der Waals surface area contributed by atoms with Crippen molar-refractivity contribution in [2.75, 3.05) is 25.9 Å². The van der Waals surface area contributed by atoms with Crippen LogP contribution in [0.2, 0.25) is 5.02 Å². The van der Waals surface area contributed by atoms with Gasteiger partial charge in [-0.25, -0.2) is 28.2 Å². The van der Waals surface area contributed by atoms with Crippen molar-refractivity contribution in [1.82, 2.24) is 34.3 Å². The van der Waals surface area contributed by atoms with Crippen LogP contribution in [-0.2, 0) is 25.9 Å². The van der Waals surface area contributed by atoms with E-state index in [-0.39, 0.29) is 24.2 Å². The maximum Gasteiger partial charge on any atom is 0.425 e. The van der Waals surface area contributed by atoms with Gasteiger partial charge in [-0.1, -0.05) is 11.6 Å². The van der Waals surface area contributed by atoms with E-state index in [2.05, 4.69) is 14.6 Å². The van der Waals surface area contributed by atoms with Crippen LogP contribution in [0, 0.1) is 0 Å². The lowest BCUT2D eigenvalue weighted by molar-refractivity contribution is -0.113. The number of rotatable bonds is 7. The predicted octanol–water partition coefficient (Wildman–Crippen LogP) is 3.48. The Morgan fingerprint density at radius 1 is 1.25 bits per heavy atom. The minimum atomic E-state index is -3.59. The second-order valence-electron chi connectivity index (χ2n) is 10.7. The average Bonchev–Trinajstić information content (AvgIpc) is 3.56. The number of carbonyl (C=O) groups excluding carboxylic acids is 2. The minimum Gasteiger partial charge on any atom is -0.443 e. The highest BCUT2D eigenvalue weighted by molar-refractivity contribution is 7.90. The fourth-order valence-electron chi connectivity index (χ4n) is 5.00. The van der Waals surface area contributed by atoms with Gasteiger partial charge in [0, 0.05) is 36.0 Å². The SMILES string of the molecule is CC(C)(C)OC(=O)N(CC=O)N1CCC(n2c(Cn3nc(S(C)(=O)=O)c4ccncc43)nc3cc(Cl)ccc32)C1. The van der Waals surface area contributed by atoms with E-state index < -0.39 is 21.5 Å². The second kappa shape index (κ2) is 10.5. The van der Waals surface area contributed by atoms with Crippen molar-refractivity contribution < 1.29 is 22.7 Å². The van der Waals surface area contributed by atoms with Gasteiger partial charge >= 0.3 is 6.09 Å². The summed E-state index contributed by atoms with van der Waals surface area (Å²) in [5, 5.41) is 8.57. The van der Waals surface area contributed by atoms with Gasteiger partial charge in [-0.05, 0) is 51.5 Å². The zero-order valence-corrected chi connectivity index (χ0v) is 24.2. The van der Waals surface area contributed by atoms with Crippen molar-refractivity contribution in [2.24, 2.45) is 0 Å². The quantitative estimate of drug-likeness (QED) is 0.298. The van der Waals surface area contributed by atoms with E-state index >= 15 is 0 Å². The smallest absolute Gasteiger partial charge is 0.425 e. The summed E-state index contributed by atoms with van der Waals surface area (Å²) in [6.45, 7) is 6.29. The van der Waals surface area contributed by atoms with Crippen LogP contribution in [0.15, 0.2) is 41.7 Å². The highest BCUT2D eigenvalue weighted by atomic mass is 35.5. The van der Waals surface area contributed by atoms with Gasteiger partial charge in [-0.3, -0.25) is 9.67 Å². The van der Waals surface area contributed by atoms with Gasteiger partial charge in [0.2, 0.25) is 0 Å². The van der Waals surface area contributed by atoms with E-state index in [4.69, 9.17) is 21.3 Å². The Labute approximate surface area is 236 Å². The number of halogens is 1. The Morgan fingerprint density at radius 2 is 2.02 bits per heavy atom. The lowest BCUT2D eigenvalue weighted by Gasteiger charge is -2.32. The number of ether oxygens (including phenoxy) is 1. The summed E-state index contributed by atoms with van der Waals surface area (Å²) >= 11 is 6.28. The van der Waals surface area contributed by atoms with Gasteiger partial charge in [-0.2, -0.15) is 5.10 Å². The highest BCUT2D eigenvalue weighted by Gasteiger charge is 2.35. The van der Waals surface area contributed by atoms with Gasteiger partial charge in [0.1, 0.15) is 17.7 Å². The summed E-state index contributed by atoms with van der Waals surface area (Å²) in [6.07, 6.45) is 4.98. The number of hydrogen-bond donors (Lipinski definition) is 0. The van der Waals surface area contributed by atoms with Crippen molar-refractivity contribution in [3.8, 4) is 0 Å². The highest BCUT2D eigenvalue weighted by Crippen LogP contribution is 2.32. The molecule has 4 heterocycles. The van der Waals surface area contributed by atoms with Crippen LogP contribution < -0.4 is 0 Å². The molecular weight excluding hydrogens is 558 g/mol. The molecule has 0 saturated carbocycles. The molecule has 212 valence electrons. The Kier molecular flexibility index (Phi) is 7.31. The van der Waals surface area contributed by atoms with Crippen molar-refractivity contribution in [3.63, 3.8) is 0 Å². The summed E-state index contributed by atoms with van der Waals surface area (Å²) in [6, 6.07) is 6.96. The fraction of sp³-hybridized carbons (Fsp3) is 0.423.